The maximum Gasteiger partial charge on any atom is 0.315 e. The fourth-order valence-electron chi connectivity index (χ4n) is 1.99. The minimum Gasteiger partial charge on any atom is -0.493 e. The van der Waals surface area contributed by atoms with E-state index in [0.29, 0.717) is 13.0 Å². The molecule has 0 aromatic heterocycles. The first-order valence-corrected chi connectivity index (χ1v) is 6.33. The normalized spacial score (nSPS) is 14.4. The molecule has 0 radical (unpaired) electrons. The Morgan fingerprint density at radius 3 is 3.00 bits per heavy atom. The van der Waals surface area contributed by atoms with E-state index in [4.69, 9.17) is 9.84 Å². The lowest BCUT2D eigenvalue weighted by molar-refractivity contribution is -0.146. The Hall–Kier alpha value is -2.04. The van der Waals surface area contributed by atoms with Gasteiger partial charge < -0.3 is 15.2 Å². The van der Waals surface area contributed by atoms with Gasteiger partial charge in [0.15, 0.2) is 0 Å². The van der Waals surface area contributed by atoms with Crippen LogP contribution >= 0.6 is 0 Å². The van der Waals surface area contributed by atoms with E-state index in [1.165, 1.54) is 12.5 Å². The van der Waals surface area contributed by atoms with Crippen molar-refractivity contribution in [1.82, 2.24) is 5.32 Å². The molecular weight excluding hydrogens is 246 g/mol. The fraction of sp³-hybridized carbons (Fsp3) is 0.429. The van der Waals surface area contributed by atoms with Gasteiger partial charge in [-0.05, 0) is 30.5 Å². The molecule has 0 spiro atoms. The number of carboxylic acids is 1. The van der Waals surface area contributed by atoms with Crippen LogP contribution in [-0.2, 0) is 22.4 Å². The minimum absolute atomic E-state index is 0.441. The summed E-state index contributed by atoms with van der Waals surface area (Å²) in [5, 5.41) is 11.3. The number of hydrogen-bond acceptors (Lipinski definition) is 3. The van der Waals surface area contributed by atoms with Crippen LogP contribution in [0.4, 0.5) is 0 Å². The number of carbonyl (C=O) groups excluding carboxylic acids is 1. The van der Waals surface area contributed by atoms with Gasteiger partial charge in [-0.2, -0.15) is 0 Å². The van der Waals surface area contributed by atoms with Crippen LogP contribution in [0.2, 0.25) is 0 Å². The number of hydrogen-bond donors (Lipinski definition) is 2. The zero-order valence-corrected chi connectivity index (χ0v) is 10.8. The Morgan fingerprint density at radius 1 is 1.47 bits per heavy atom. The molecule has 1 aliphatic heterocycles. The van der Waals surface area contributed by atoms with Gasteiger partial charge in [0.05, 0.1) is 6.61 Å². The molecule has 2 N–H and O–H groups in total. The molecule has 1 aromatic carbocycles. The monoisotopic (exact) mass is 263 g/mol. The van der Waals surface area contributed by atoms with E-state index in [0.717, 1.165) is 24.3 Å². The van der Waals surface area contributed by atoms with E-state index in [1.54, 1.807) is 0 Å². The summed E-state index contributed by atoms with van der Waals surface area (Å²) in [6.07, 6.45) is 1.61. The lowest BCUT2D eigenvalue weighted by Crippen LogP contribution is -2.34. The predicted octanol–water partition coefficient (Wildman–Crippen LogP) is 1.00. The first kappa shape index (κ1) is 13.4. The minimum atomic E-state index is -1.10. The summed E-state index contributed by atoms with van der Waals surface area (Å²) < 4.78 is 5.42. The highest BCUT2D eigenvalue weighted by Gasteiger charge is 2.19. The maximum atomic E-state index is 11.4. The van der Waals surface area contributed by atoms with Crippen LogP contribution in [0.25, 0.3) is 0 Å². The standard InChI is InChI=1S/C14H17NO4/c1-9(14(17)18)13(16)15-6-4-10-2-3-12-11(8-10)5-7-19-12/h2-3,8-9H,4-7H2,1H3,(H,15,16)(H,17,18). The molecule has 19 heavy (non-hydrogen) atoms. The molecule has 5 nitrogen and oxygen atoms in total. The van der Waals surface area contributed by atoms with Gasteiger partial charge in [-0.25, -0.2) is 0 Å². The van der Waals surface area contributed by atoms with E-state index < -0.39 is 17.8 Å². The van der Waals surface area contributed by atoms with E-state index in [-0.39, 0.29) is 0 Å². The zero-order chi connectivity index (χ0) is 13.8. The predicted molar refractivity (Wildman–Crippen MR) is 69.2 cm³/mol. The highest BCUT2D eigenvalue weighted by molar-refractivity contribution is 5.96. The molecule has 5 heteroatoms. The van der Waals surface area contributed by atoms with Gasteiger partial charge in [0, 0.05) is 13.0 Å². The number of carboxylic acid groups (broad SMARTS) is 1. The second-order valence-corrected chi connectivity index (χ2v) is 4.64. The topological polar surface area (TPSA) is 75.6 Å². The first-order chi connectivity index (χ1) is 9.08. The number of rotatable bonds is 5. The van der Waals surface area contributed by atoms with Gasteiger partial charge in [-0.3, -0.25) is 9.59 Å². The third-order valence-electron chi connectivity index (χ3n) is 3.23. The summed E-state index contributed by atoms with van der Waals surface area (Å²) in [5.74, 6) is -1.62. The average Bonchev–Trinajstić information content (AvgIpc) is 2.84. The van der Waals surface area contributed by atoms with E-state index in [1.807, 2.05) is 12.1 Å². The van der Waals surface area contributed by atoms with Crippen LogP contribution in [0.15, 0.2) is 18.2 Å². The van der Waals surface area contributed by atoms with Gasteiger partial charge in [-0.1, -0.05) is 12.1 Å². The highest BCUT2D eigenvalue weighted by atomic mass is 16.5. The average molecular weight is 263 g/mol. The molecular formula is C14H17NO4. The summed E-state index contributed by atoms with van der Waals surface area (Å²) in [7, 11) is 0. The molecule has 102 valence electrons. The van der Waals surface area contributed by atoms with Crippen molar-refractivity contribution in [3.63, 3.8) is 0 Å². The number of ether oxygens (including phenoxy) is 1. The molecule has 1 atom stereocenters. The zero-order valence-electron chi connectivity index (χ0n) is 10.8. The van der Waals surface area contributed by atoms with Crippen LogP contribution < -0.4 is 10.1 Å². The van der Waals surface area contributed by atoms with Crippen molar-refractivity contribution in [3.8, 4) is 5.75 Å². The number of fused-ring (bicyclic) bond motifs is 1. The van der Waals surface area contributed by atoms with Crippen LogP contribution in [0.5, 0.6) is 5.75 Å². The fourth-order valence-corrected chi connectivity index (χ4v) is 1.99. The molecule has 1 aliphatic rings. The maximum absolute atomic E-state index is 11.4. The quantitative estimate of drug-likeness (QED) is 0.777. The van der Waals surface area contributed by atoms with Crippen molar-refractivity contribution >= 4 is 11.9 Å². The second kappa shape index (κ2) is 5.73. The Bertz CT molecular complexity index is 498. The second-order valence-electron chi connectivity index (χ2n) is 4.64. The molecule has 1 aromatic rings. The molecule has 0 bridgehead atoms. The summed E-state index contributed by atoms with van der Waals surface area (Å²) in [6.45, 7) is 2.55. The Kier molecular flexibility index (Phi) is 4.04. The van der Waals surface area contributed by atoms with Gasteiger partial charge in [0.1, 0.15) is 11.7 Å². The Labute approximate surface area is 111 Å². The SMILES string of the molecule is CC(C(=O)O)C(=O)NCCc1ccc2c(c1)CCO2. The van der Waals surface area contributed by atoms with Gasteiger partial charge >= 0.3 is 5.97 Å². The number of amides is 1. The highest BCUT2D eigenvalue weighted by Crippen LogP contribution is 2.25. The van der Waals surface area contributed by atoms with Crippen molar-refractivity contribution in [2.75, 3.05) is 13.2 Å². The van der Waals surface area contributed by atoms with Crippen LogP contribution in [0.1, 0.15) is 18.1 Å². The number of nitrogens with one attached hydrogen (secondary N) is 1. The van der Waals surface area contributed by atoms with Crippen molar-refractivity contribution in [3.05, 3.63) is 29.3 Å². The molecule has 0 aliphatic carbocycles. The van der Waals surface area contributed by atoms with Crippen LogP contribution in [-0.4, -0.2) is 30.1 Å². The third kappa shape index (κ3) is 3.24. The number of carbonyl (C=O) groups is 2. The van der Waals surface area contributed by atoms with E-state index in [2.05, 4.69) is 11.4 Å². The summed E-state index contributed by atoms with van der Waals surface area (Å²) >= 11 is 0. The molecule has 0 saturated heterocycles. The summed E-state index contributed by atoms with van der Waals surface area (Å²) in [5.41, 5.74) is 2.32. The Balaban J connectivity index is 1.83. The van der Waals surface area contributed by atoms with E-state index >= 15 is 0 Å². The van der Waals surface area contributed by atoms with Crippen molar-refractivity contribution in [1.29, 1.82) is 0 Å². The molecule has 1 heterocycles. The van der Waals surface area contributed by atoms with Gasteiger partial charge in [0.2, 0.25) is 5.91 Å². The summed E-state index contributed by atoms with van der Waals surface area (Å²) in [6, 6.07) is 5.99. The molecule has 1 unspecified atom stereocenters. The smallest absolute Gasteiger partial charge is 0.315 e. The summed E-state index contributed by atoms with van der Waals surface area (Å²) in [4.78, 5) is 22.1. The lowest BCUT2D eigenvalue weighted by atomic mass is 10.1. The number of benzene rings is 1. The molecule has 0 saturated carbocycles. The largest absolute Gasteiger partial charge is 0.493 e. The molecule has 0 fully saturated rings. The van der Waals surface area contributed by atoms with Crippen LogP contribution in [0, 0.1) is 5.92 Å². The Morgan fingerprint density at radius 2 is 2.26 bits per heavy atom. The van der Waals surface area contributed by atoms with Crippen molar-refractivity contribution in [2.45, 2.75) is 19.8 Å². The van der Waals surface area contributed by atoms with E-state index in [9.17, 15) is 9.59 Å². The van der Waals surface area contributed by atoms with Gasteiger partial charge in [0.25, 0.3) is 0 Å². The van der Waals surface area contributed by atoms with Crippen molar-refractivity contribution in [2.24, 2.45) is 5.92 Å². The first-order valence-electron chi connectivity index (χ1n) is 6.33. The number of aliphatic carboxylic acids is 1. The van der Waals surface area contributed by atoms with Crippen molar-refractivity contribution < 1.29 is 19.4 Å². The molecule has 1 amide bonds. The van der Waals surface area contributed by atoms with Gasteiger partial charge in [-0.15, -0.1) is 0 Å². The molecule has 2 rings (SSSR count). The lowest BCUT2D eigenvalue weighted by Gasteiger charge is -2.08. The third-order valence-corrected chi connectivity index (χ3v) is 3.23. The van der Waals surface area contributed by atoms with Crippen LogP contribution in [0.3, 0.4) is 0 Å².